The maximum Gasteiger partial charge on any atom is 0.328 e. The van der Waals surface area contributed by atoms with Gasteiger partial charge in [0, 0.05) is 30.5 Å². The lowest BCUT2D eigenvalue weighted by molar-refractivity contribution is -0.144. The van der Waals surface area contributed by atoms with E-state index in [1.54, 1.807) is 22.1 Å². The predicted molar refractivity (Wildman–Crippen MR) is 158 cm³/mol. The highest BCUT2D eigenvalue weighted by molar-refractivity contribution is 6.31. The Morgan fingerprint density at radius 1 is 1.12 bits per heavy atom. The van der Waals surface area contributed by atoms with Crippen LogP contribution in [0.25, 0.3) is 11.1 Å². The molecule has 220 valence electrons. The van der Waals surface area contributed by atoms with E-state index in [9.17, 15) is 18.8 Å². The van der Waals surface area contributed by atoms with Crippen molar-refractivity contribution in [2.75, 3.05) is 25.1 Å². The molecule has 3 amide bonds. The molecule has 5 rings (SSSR count). The Hall–Kier alpha value is -3.98. The minimum absolute atomic E-state index is 0.0691. The molecule has 0 saturated carbocycles. The van der Waals surface area contributed by atoms with Crippen LogP contribution >= 0.6 is 11.6 Å². The number of benzene rings is 2. The topological polar surface area (TPSA) is 91.8 Å². The van der Waals surface area contributed by atoms with Crippen molar-refractivity contribution in [2.24, 2.45) is 11.3 Å². The van der Waals surface area contributed by atoms with Gasteiger partial charge < -0.3 is 19.9 Å². The summed E-state index contributed by atoms with van der Waals surface area (Å²) in [5.74, 6) is -1.27. The van der Waals surface area contributed by atoms with Gasteiger partial charge in [0.15, 0.2) is 0 Å². The number of likely N-dealkylation sites (tertiary alicyclic amines) is 1. The number of rotatable bonds is 7. The van der Waals surface area contributed by atoms with Crippen molar-refractivity contribution in [1.82, 2.24) is 15.2 Å². The monoisotopic (exact) mass is 592 g/mol. The zero-order valence-corrected chi connectivity index (χ0v) is 24.6. The Labute approximate surface area is 249 Å². The van der Waals surface area contributed by atoms with Crippen molar-refractivity contribution in [3.05, 3.63) is 83.4 Å². The summed E-state index contributed by atoms with van der Waals surface area (Å²) in [5.41, 5.74) is 2.38. The van der Waals surface area contributed by atoms with Gasteiger partial charge in [-0.1, -0.05) is 68.3 Å². The molecule has 2 aliphatic heterocycles. The lowest BCUT2D eigenvalue weighted by Crippen LogP contribution is -2.67. The van der Waals surface area contributed by atoms with E-state index in [1.807, 2.05) is 56.3 Å². The number of pyridine rings is 1. The molecule has 8 nitrogen and oxygen atoms in total. The fourth-order valence-electron chi connectivity index (χ4n) is 5.96. The van der Waals surface area contributed by atoms with Gasteiger partial charge in [0.05, 0.1) is 29.3 Å². The van der Waals surface area contributed by atoms with Crippen LogP contribution < -0.4 is 10.2 Å². The number of ether oxygens (including phenoxy) is 1. The predicted octanol–water partition coefficient (Wildman–Crippen LogP) is 6.01. The van der Waals surface area contributed by atoms with Crippen molar-refractivity contribution >= 4 is 35.2 Å². The standard InChI is InChI=1S/C32H34ClFN4O4/c1-4-20(2)27(29(39)42-3)36-31(41)37-16-14-32(15-17-37)28(38(30(32)40)23-11-12-25(34)24(33)18-23)26-13-10-22(19-35-26)21-8-6-5-7-9-21/h5-13,18-20,27-28H,4,14-17H2,1-3H3,(H,36,41)/t20?,27-,28?/m0/s1. The Morgan fingerprint density at radius 3 is 2.43 bits per heavy atom. The number of anilines is 1. The third-order valence-corrected chi connectivity index (χ3v) is 8.96. The van der Waals surface area contributed by atoms with E-state index in [4.69, 9.17) is 21.3 Å². The lowest BCUT2D eigenvalue weighted by Gasteiger charge is -2.58. The molecule has 2 aromatic carbocycles. The molecular formula is C32H34ClFN4O4. The second kappa shape index (κ2) is 12.1. The third-order valence-electron chi connectivity index (χ3n) is 8.67. The molecule has 2 unspecified atom stereocenters. The molecule has 1 spiro atoms. The van der Waals surface area contributed by atoms with Crippen LogP contribution in [0.15, 0.2) is 66.9 Å². The molecule has 42 heavy (non-hydrogen) atoms. The van der Waals surface area contributed by atoms with Gasteiger partial charge in [0.25, 0.3) is 0 Å². The second-order valence-corrected chi connectivity index (χ2v) is 11.4. The molecule has 2 aliphatic rings. The number of carbonyl (C=O) groups is 3. The number of halogens is 2. The third kappa shape index (κ3) is 5.33. The number of amides is 3. The summed E-state index contributed by atoms with van der Waals surface area (Å²) in [6, 6.07) is 16.5. The maximum atomic E-state index is 14.0. The van der Waals surface area contributed by atoms with E-state index < -0.39 is 29.3 Å². The summed E-state index contributed by atoms with van der Waals surface area (Å²) in [5, 5.41) is 2.76. The summed E-state index contributed by atoms with van der Waals surface area (Å²) in [7, 11) is 1.30. The summed E-state index contributed by atoms with van der Waals surface area (Å²) in [6.45, 7) is 4.47. The van der Waals surface area contributed by atoms with Crippen LogP contribution in [0.1, 0.15) is 44.8 Å². The SMILES string of the molecule is CCC(C)[C@H](NC(=O)N1CCC2(CC1)C(=O)N(c1ccc(F)c(Cl)c1)C2c1ccc(-c2ccccc2)cn1)C(=O)OC. The van der Waals surface area contributed by atoms with Crippen molar-refractivity contribution in [3.63, 3.8) is 0 Å². The molecule has 0 aliphatic carbocycles. The van der Waals surface area contributed by atoms with Crippen LogP contribution in [-0.2, 0) is 14.3 Å². The highest BCUT2D eigenvalue weighted by atomic mass is 35.5. The number of urea groups is 1. The molecule has 3 heterocycles. The lowest BCUT2D eigenvalue weighted by atomic mass is 9.63. The number of aromatic nitrogens is 1. The molecule has 2 saturated heterocycles. The Bertz CT molecular complexity index is 1460. The molecule has 10 heteroatoms. The molecule has 2 fully saturated rings. The number of piperidine rings is 1. The van der Waals surface area contributed by atoms with E-state index in [0.717, 1.165) is 11.1 Å². The Balaban J connectivity index is 1.40. The molecule has 1 aromatic heterocycles. The van der Waals surface area contributed by atoms with Crippen molar-refractivity contribution in [2.45, 2.75) is 45.2 Å². The van der Waals surface area contributed by atoms with Crippen LogP contribution in [0.2, 0.25) is 5.02 Å². The van der Waals surface area contributed by atoms with Crippen LogP contribution in [0.4, 0.5) is 14.9 Å². The van der Waals surface area contributed by atoms with Gasteiger partial charge in [0.1, 0.15) is 11.9 Å². The number of methoxy groups -OCH3 is 1. The zero-order valence-electron chi connectivity index (χ0n) is 23.8. The highest BCUT2D eigenvalue weighted by Crippen LogP contribution is 2.57. The van der Waals surface area contributed by atoms with Gasteiger partial charge >= 0.3 is 12.0 Å². The molecule has 3 atom stereocenters. The van der Waals surface area contributed by atoms with E-state index in [-0.39, 0.29) is 22.9 Å². The fourth-order valence-corrected chi connectivity index (χ4v) is 6.13. The average molecular weight is 593 g/mol. The first-order valence-electron chi connectivity index (χ1n) is 14.1. The maximum absolute atomic E-state index is 14.0. The van der Waals surface area contributed by atoms with E-state index in [2.05, 4.69) is 5.32 Å². The van der Waals surface area contributed by atoms with Gasteiger partial charge in [-0.15, -0.1) is 0 Å². The van der Waals surface area contributed by atoms with Gasteiger partial charge in [0.2, 0.25) is 5.91 Å². The molecule has 0 radical (unpaired) electrons. The minimum Gasteiger partial charge on any atom is -0.467 e. The van der Waals surface area contributed by atoms with Crippen molar-refractivity contribution in [1.29, 1.82) is 0 Å². The summed E-state index contributed by atoms with van der Waals surface area (Å²) in [6.07, 6.45) is 3.30. The summed E-state index contributed by atoms with van der Waals surface area (Å²) >= 11 is 6.09. The van der Waals surface area contributed by atoms with Gasteiger partial charge in [-0.25, -0.2) is 14.0 Å². The average Bonchev–Trinajstić information content (AvgIpc) is 3.03. The Morgan fingerprint density at radius 2 is 1.83 bits per heavy atom. The smallest absolute Gasteiger partial charge is 0.328 e. The number of hydrogen-bond acceptors (Lipinski definition) is 5. The quantitative estimate of drug-likeness (QED) is 0.268. The molecule has 1 N–H and O–H groups in total. The van der Waals surface area contributed by atoms with Crippen molar-refractivity contribution < 1.29 is 23.5 Å². The minimum atomic E-state index is -0.794. The van der Waals surface area contributed by atoms with E-state index in [1.165, 1.54) is 19.2 Å². The highest BCUT2D eigenvalue weighted by Gasteiger charge is 2.63. The molecule has 3 aromatic rings. The van der Waals surface area contributed by atoms with Crippen LogP contribution in [0.5, 0.6) is 0 Å². The molecule has 0 bridgehead atoms. The van der Waals surface area contributed by atoms with Crippen molar-refractivity contribution in [3.8, 4) is 11.1 Å². The van der Waals surface area contributed by atoms with E-state index >= 15 is 0 Å². The summed E-state index contributed by atoms with van der Waals surface area (Å²) in [4.78, 5) is 47.4. The van der Waals surface area contributed by atoms with Crippen LogP contribution in [0, 0.1) is 17.2 Å². The summed E-state index contributed by atoms with van der Waals surface area (Å²) < 4.78 is 18.9. The number of carbonyl (C=O) groups excluding carboxylic acids is 3. The zero-order chi connectivity index (χ0) is 30.0. The van der Waals surface area contributed by atoms with Gasteiger partial charge in [-0.3, -0.25) is 9.78 Å². The number of nitrogens with zero attached hydrogens (tertiary/aromatic N) is 3. The number of esters is 1. The van der Waals surface area contributed by atoms with Crippen LogP contribution in [-0.4, -0.2) is 54.0 Å². The number of β-lactam (4-membered cyclic amide) rings is 1. The van der Waals surface area contributed by atoms with Crippen LogP contribution in [0.3, 0.4) is 0 Å². The van der Waals surface area contributed by atoms with E-state index in [0.29, 0.717) is 43.7 Å². The first-order chi connectivity index (χ1) is 20.2. The number of hydrogen-bond donors (Lipinski definition) is 1. The normalized spacial score (nSPS) is 19.2. The largest absolute Gasteiger partial charge is 0.467 e. The molecular weight excluding hydrogens is 559 g/mol. The van der Waals surface area contributed by atoms with Gasteiger partial charge in [-0.2, -0.15) is 0 Å². The first kappa shape index (κ1) is 29.5. The second-order valence-electron chi connectivity index (χ2n) is 11.0. The fraction of sp³-hybridized carbons (Fsp3) is 0.375. The Kier molecular flexibility index (Phi) is 8.50. The first-order valence-corrected chi connectivity index (χ1v) is 14.5. The number of nitrogens with one attached hydrogen (secondary N) is 1. The van der Waals surface area contributed by atoms with Gasteiger partial charge in [-0.05, 0) is 48.6 Å².